The van der Waals surface area contributed by atoms with Gasteiger partial charge in [0, 0.05) is 21.0 Å². The van der Waals surface area contributed by atoms with E-state index in [1.807, 2.05) is 19.9 Å². The lowest BCUT2D eigenvalue weighted by molar-refractivity contribution is 0.0954. The molecule has 21 heavy (non-hydrogen) atoms. The van der Waals surface area contributed by atoms with Gasteiger partial charge in [0.2, 0.25) is 0 Å². The van der Waals surface area contributed by atoms with Crippen LogP contribution < -0.4 is 5.43 Å². The van der Waals surface area contributed by atoms with Gasteiger partial charge in [-0.25, -0.2) is 5.43 Å². The summed E-state index contributed by atoms with van der Waals surface area (Å²) in [6.07, 6.45) is 2.91. The molecule has 0 atom stereocenters. The van der Waals surface area contributed by atoms with Gasteiger partial charge >= 0.3 is 0 Å². The van der Waals surface area contributed by atoms with Crippen molar-refractivity contribution in [3.63, 3.8) is 0 Å². The van der Waals surface area contributed by atoms with E-state index in [-0.39, 0.29) is 11.7 Å². The smallest absolute Gasteiger partial charge is 0.272 e. The monoisotopic (exact) mass is 395 g/mol. The maximum absolute atomic E-state index is 11.8. The number of amides is 1. The fourth-order valence-electron chi connectivity index (χ4n) is 1.69. The number of hydrogen-bond acceptors (Lipinski definition) is 4. The van der Waals surface area contributed by atoms with E-state index in [1.165, 1.54) is 12.4 Å². The van der Waals surface area contributed by atoms with Crippen LogP contribution in [0.3, 0.4) is 0 Å². The summed E-state index contributed by atoms with van der Waals surface area (Å²) in [4.78, 5) is 15.9. The number of aryl methyl sites for hydroxylation is 2. The molecular formula is C15H14IN3O2. The number of hydrazone groups is 1. The maximum Gasteiger partial charge on any atom is 0.272 e. The van der Waals surface area contributed by atoms with Gasteiger partial charge in [-0.1, -0.05) is 0 Å². The van der Waals surface area contributed by atoms with Crippen molar-refractivity contribution in [3.8, 4) is 5.75 Å². The van der Waals surface area contributed by atoms with E-state index in [9.17, 15) is 9.90 Å². The van der Waals surface area contributed by atoms with Crippen molar-refractivity contribution in [1.82, 2.24) is 10.4 Å². The highest BCUT2D eigenvalue weighted by molar-refractivity contribution is 14.1. The van der Waals surface area contributed by atoms with E-state index < -0.39 is 0 Å². The number of rotatable bonds is 3. The molecule has 0 aliphatic carbocycles. The molecule has 0 aliphatic rings. The minimum Gasteiger partial charge on any atom is -0.507 e. The van der Waals surface area contributed by atoms with Crippen molar-refractivity contribution in [2.75, 3.05) is 0 Å². The number of phenols is 1. The number of nitrogens with zero attached hydrogens (tertiary/aromatic N) is 2. The number of phenolic OH excluding ortho intramolecular Hbond substituents is 1. The molecule has 2 aromatic rings. The van der Waals surface area contributed by atoms with Crippen molar-refractivity contribution in [3.05, 3.63) is 56.4 Å². The Morgan fingerprint density at radius 2 is 2.14 bits per heavy atom. The van der Waals surface area contributed by atoms with Gasteiger partial charge in [0.25, 0.3) is 5.91 Å². The van der Waals surface area contributed by atoms with Crippen LogP contribution in [0.15, 0.2) is 35.6 Å². The number of halogens is 1. The molecule has 2 rings (SSSR count). The summed E-state index contributed by atoms with van der Waals surface area (Å²) in [7, 11) is 0. The van der Waals surface area contributed by atoms with Crippen LogP contribution in [-0.4, -0.2) is 22.2 Å². The number of nitrogens with one attached hydrogen (secondary N) is 1. The van der Waals surface area contributed by atoms with Gasteiger partial charge in [-0.05, 0) is 66.3 Å². The summed E-state index contributed by atoms with van der Waals surface area (Å²) in [5.74, 6) is -0.189. The van der Waals surface area contributed by atoms with E-state index in [1.54, 1.807) is 18.2 Å². The minimum absolute atomic E-state index is 0.158. The van der Waals surface area contributed by atoms with Gasteiger partial charge in [-0.2, -0.15) is 5.10 Å². The zero-order valence-electron chi connectivity index (χ0n) is 11.6. The molecule has 0 bridgehead atoms. The predicted octanol–water partition coefficient (Wildman–Crippen LogP) is 2.77. The molecule has 1 amide bonds. The average molecular weight is 395 g/mol. The number of carbonyl (C=O) groups is 1. The number of pyridine rings is 1. The molecule has 6 heteroatoms. The third-order valence-corrected chi connectivity index (χ3v) is 3.46. The topological polar surface area (TPSA) is 74.6 Å². The van der Waals surface area contributed by atoms with E-state index in [0.717, 1.165) is 14.8 Å². The first-order valence-corrected chi connectivity index (χ1v) is 7.30. The second-order valence-corrected chi connectivity index (χ2v) is 5.79. The molecule has 108 valence electrons. The van der Waals surface area contributed by atoms with Crippen molar-refractivity contribution >= 4 is 34.7 Å². The van der Waals surface area contributed by atoms with Crippen LogP contribution in [-0.2, 0) is 0 Å². The second kappa shape index (κ2) is 6.66. The van der Waals surface area contributed by atoms with Gasteiger partial charge in [-0.3, -0.25) is 9.78 Å². The van der Waals surface area contributed by atoms with Crippen LogP contribution in [0, 0.1) is 17.4 Å². The van der Waals surface area contributed by atoms with E-state index >= 15 is 0 Å². The average Bonchev–Trinajstić information content (AvgIpc) is 2.44. The zero-order chi connectivity index (χ0) is 15.4. The molecule has 0 aliphatic heterocycles. The van der Waals surface area contributed by atoms with Crippen LogP contribution >= 0.6 is 22.6 Å². The molecule has 1 aromatic heterocycles. The van der Waals surface area contributed by atoms with Crippen molar-refractivity contribution < 1.29 is 9.90 Å². The Labute approximate surface area is 136 Å². The fourth-order valence-corrected chi connectivity index (χ4v) is 2.49. The van der Waals surface area contributed by atoms with Gasteiger partial charge in [-0.15, -0.1) is 0 Å². The largest absolute Gasteiger partial charge is 0.507 e. The number of carbonyl (C=O) groups excluding carboxylic acids is 1. The van der Waals surface area contributed by atoms with E-state index in [0.29, 0.717) is 11.1 Å². The molecule has 2 N–H and O–H groups in total. The highest BCUT2D eigenvalue weighted by Gasteiger charge is 2.06. The fraction of sp³-hybridized carbons (Fsp3) is 0.133. The molecule has 1 aromatic carbocycles. The van der Waals surface area contributed by atoms with E-state index in [4.69, 9.17) is 0 Å². The number of benzene rings is 1. The van der Waals surface area contributed by atoms with Crippen LogP contribution in [0.25, 0.3) is 0 Å². The highest BCUT2D eigenvalue weighted by Crippen LogP contribution is 2.23. The SMILES string of the molecule is Cc1ccc(C(=O)N/N=C\c2cc(I)cc(C)c2O)cn1. The number of aromatic hydroxyl groups is 1. The summed E-state index contributed by atoms with van der Waals surface area (Å²) in [5, 5.41) is 13.8. The van der Waals surface area contributed by atoms with Crippen LogP contribution in [0.2, 0.25) is 0 Å². The molecule has 0 radical (unpaired) electrons. The Morgan fingerprint density at radius 1 is 1.38 bits per heavy atom. The van der Waals surface area contributed by atoms with Crippen molar-refractivity contribution in [2.45, 2.75) is 13.8 Å². The van der Waals surface area contributed by atoms with Crippen LogP contribution in [0.5, 0.6) is 5.75 Å². The molecule has 5 nitrogen and oxygen atoms in total. The van der Waals surface area contributed by atoms with E-state index in [2.05, 4.69) is 38.1 Å². The third-order valence-electron chi connectivity index (χ3n) is 2.84. The Hall–Kier alpha value is -1.96. The first-order chi connectivity index (χ1) is 9.97. The standard InChI is InChI=1S/C15H14IN3O2/c1-9-5-13(16)6-12(14(9)20)8-18-19-15(21)11-4-3-10(2)17-7-11/h3-8,20H,1-2H3,(H,19,21)/b18-8-. The lowest BCUT2D eigenvalue weighted by atomic mass is 10.1. The number of aromatic nitrogens is 1. The van der Waals surface area contributed by atoms with Gasteiger partial charge in [0.05, 0.1) is 11.8 Å². The minimum atomic E-state index is -0.347. The van der Waals surface area contributed by atoms with Crippen LogP contribution in [0.1, 0.15) is 27.2 Å². The normalized spacial score (nSPS) is 10.8. The maximum atomic E-state index is 11.8. The molecule has 0 spiro atoms. The van der Waals surface area contributed by atoms with Crippen molar-refractivity contribution in [1.29, 1.82) is 0 Å². The molecular weight excluding hydrogens is 381 g/mol. The molecule has 0 fully saturated rings. The van der Waals surface area contributed by atoms with Crippen LogP contribution in [0.4, 0.5) is 0 Å². The Kier molecular flexibility index (Phi) is 4.89. The molecule has 0 unspecified atom stereocenters. The van der Waals surface area contributed by atoms with Gasteiger partial charge in [0.1, 0.15) is 5.75 Å². The Balaban J connectivity index is 2.09. The van der Waals surface area contributed by atoms with Gasteiger partial charge in [0.15, 0.2) is 0 Å². The lowest BCUT2D eigenvalue weighted by Crippen LogP contribution is -2.17. The Bertz CT molecular complexity index is 697. The molecule has 1 heterocycles. The van der Waals surface area contributed by atoms with Gasteiger partial charge < -0.3 is 5.11 Å². The molecule has 0 saturated carbocycles. The Morgan fingerprint density at radius 3 is 2.81 bits per heavy atom. The summed E-state index contributed by atoms with van der Waals surface area (Å²) in [6.45, 7) is 3.66. The lowest BCUT2D eigenvalue weighted by Gasteiger charge is -2.04. The zero-order valence-corrected chi connectivity index (χ0v) is 13.7. The summed E-state index contributed by atoms with van der Waals surface area (Å²) in [5.41, 5.74) is 5.00. The first kappa shape index (κ1) is 15.4. The summed E-state index contributed by atoms with van der Waals surface area (Å²) < 4.78 is 0.985. The quantitative estimate of drug-likeness (QED) is 0.477. The highest BCUT2D eigenvalue weighted by atomic mass is 127. The predicted molar refractivity (Wildman–Crippen MR) is 89.6 cm³/mol. The third kappa shape index (κ3) is 4.01. The summed E-state index contributed by atoms with van der Waals surface area (Å²) in [6, 6.07) is 7.09. The second-order valence-electron chi connectivity index (χ2n) is 4.55. The first-order valence-electron chi connectivity index (χ1n) is 6.22. The molecule has 0 saturated heterocycles. The number of hydrogen-bond donors (Lipinski definition) is 2. The summed E-state index contributed by atoms with van der Waals surface area (Å²) >= 11 is 2.16. The van der Waals surface area contributed by atoms with Crippen molar-refractivity contribution in [2.24, 2.45) is 5.10 Å².